The highest BCUT2D eigenvalue weighted by atomic mass is 32.2. The van der Waals surface area contributed by atoms with Crippen molar-refractivity contribution in [3.63, 3.8) is 0 Å². The second kappa shape index (κ2) is 8.01. The predicted octanol–water partition coefficient (Wildman–Crippen LogP) is 4.45. The summed E-state index contributed by atoms with van der Waals surface area (Å²) in [4.78, 5) is 10.3. The Kier molecular flexibility index (Phi) is 5.52. The molecule has 6 nitrogen and oxygen atoms in total. The number of anilines is 2. The first-order chi connectivity index (χ1) is 12.9. The van der Waals surface area contributed by atoms with Gasteiger partial charge in [-0.2, -0.15) is 0 Å². The van der Waals surface area contributed by atoms with Crippen molar-refractivity contribution in [1.82, 2.24) is 0 Å². The third-order valence-corrected chi connectivity index (χ3v) is 5.46. The standard InChI is InChI=1S/C20H18N2O4S/c23-22(24)20-11-9-18(10-12-20)21-19-8-4-7-17(13-19)15-27(25,26)14-16-5-2-1-3-6-16/h1-13,21H,14-15H2. The third kappa shape index (κ3) is 5.39. The molecule has 0 radical (unpaired) electrons. The van der Waals surface area contributed by atoms with Gasteiger partial charge in [0.25, 0.3) is 5.69 Å². The van der Waals surface area contributed by atoms with Crippen molar-refractivity contribution in [2.24, 2.45) is 0 Å². The lowest BCUT2D eigenvalue weighted by Gasteiger charge is -2.09. The van der Waals surface area contributed by atoms with Gasteiger partial charge in [0.2, 0.25) is 0 Å². The zero-order valence-corrected chi connectivity index (χ0v) is 15.2. The van der Waals surface area contributed by atoms with Gasteiger partial charge in [-0.3, -0.25) is 10.1 Å². The van der Waals surface area contributed by atoms with E-state index in [0.717, 1.165) is 11.3 Å². The van der Waals surface area contributed by atoms with Crippen LogP contribution in [0, 0.1) is 10.1 Å². The fraction of sp³-hybridized carbons (Fsp3) is 0.100. The minimum Gasteiger partial charge on any atom is -0.356 e. The molecule has 0 heterocycles. The van der Waals surface area contributed by atoms with Gasteiger partial charge in [-0.05, 0) is 35.4 Å². The van der Waals surface area contributed by atoms with Crippen LogP contribution in [-0.2, 0) is 21.3 Å². The van der Waals surface area contributed by atoms with Crippen molar-refractivity contribution < 1.29 is 13.3 Å². The smallest absolute Gasteiger partial charge is 0.269 e. The monoisotopic (exact) mass is 382 g/mol. The fourth-order valence-electron chi connectivity index (χ4n) is 2.71. The van der Waals surface area contributed by atoms with Crippen molar-refractivity contribution in [3.8, 4) is 0 Å². The minimum atomic E-state index is -3.30. The van der Waals surface area contributed by atoms with Gasteiger partial charge in [0, 0.05) is 23.5 Å². The number of hydrogen-bond acceptors (Lipinski definition) is 5. The van der Waals surface area contributed by atoms with Gasteiger partial charge < -0.3 is 5.32 Å². The maximum Gasteiger partial charge on any atom is 0.269 e. The van der Waals surface area contributed by atoms with Crippen LogP contribution in [0.5, 0.6) is 0 Å². The van der Waals surface area contributed by atoms with E-state index >= 15 is 0 Å². The maximum atomic E-state index is 12.5. The zero-order valence-electron chi connectivity index (χ0n) is 14.4. The molecule has 0 aliphatic rings. The summed E-state index contributed by atoms with van der Waals surface area (Å²) >= 11 is 0. The summed E-state index contributed by atoms with van der Waals surface area (Å²) in [6.45, 7) is 0. The van der Waals surface area contributed by atoms with Gasteiger partial charge in [-0.15, -0.1) is 0 Å². The number of rotatable bonds is 7. The zero-order chi connectivity index (χ0) is 19.3. The van der Waals surface area contributed by atoms with Crippen LogP contribution in [0.2, 0.25) is 0 Å². The number of sulfone groups is 1. The SMILES string of the molecule is O=[N+]([O-])c1ccc(Nc2cccc(CS(=O)(=O)Cc3ccccc3)c2)cc1. The molecule has 0 saturated carbocycles. The number of nitro benzene ring substituents is 1. The second-order valence-electron chi connectivity index (χ2n) is 6.15. The van der Waals surface area contributed by atoms with Crippen molar-refractivity contribution in [1.29, 1.82) is 0 Å². The highest BCUT2D eigenvalue weighted by Gasteiger charge is 2.13. The quantitative estimate of drug-likeness (QED) is 0.481. The Morgan fingerprint density at radius 2 is 1.41 bits per heavy atom. The first-order valence-electron chi connectivity index (χ1n) is 8.26. The molecule has 0 atom stereocenters. The third-order valence-electron chi connectivity index (χ3n) is 3.91. The average Bonchev–Trinajstić information content (AvgIpc) is 2.62. The molecule has 7 heteroatoms. The molecule has 27 heavy (non-hydrogen) atoms. The largest absolute Gasteiger partial charge is 0.356 e. The lowest BCUT2D eigenvalue weighted by molar-refractivity contribution is -0.384. The summed E-state index contributed by atoms with van der Waals surface area (Å²) in [7, 11) is -3.30. The number of non-ortho nitro benzene ring substituents is 1. The fourth-order valence-corrected chi connectivity index (χ4v) is 4.19. The van der Waals surface area contributed by atoms with E-state index in [1.807, 2.05) is 24.3 Å². The van der Waals surface area contributed by atoms with E-state index in [1.54, 1.807) is 42.5 Å². The molecule has 0 fully saturated rings. The second-order valence-corrected chi connectivity index (χ2v) is 8.21. The normalized spacial score (nSPS) is 11.1. The number of hydrogen-bond donors (Lipinski definition) is 1. The summed E-state index contributed by atoms with van der Waals surface area (Å²) in [5.74, 6) is -0.0640. The molecule has 3 aromatic rings. The summed E-state index contributed by atoms with van der Waals surface area (Å²) in [6.07, 6.45) is 0. The molecule has 0 saturated heterocycles. The molecular weight excluding hydrogens is 364 g/mol. The summed E-state index contributed by atoms with van der Waals surface area (Å²) < 4.78 is 24.9. The van der Waals surface area contributed by atoms with Gasteiger partial charge in [-0.1, -0.05) is 42.5 Å². The van der Waals surface area contributed by atoms with Gasteiger partial charge in [0.15, 0.2) is 9.84 Å². The van der Waals surface area contributed by atoms with Crippen LogP contribution in [0.3, 0.4) is 0 Å². The molecular formula is C20H18N2O4S. The van der Waals surface area contributed by atoms with Crippen LogP contribution in [0.4, 0.5) is 17.1 Å². The van der Waals surface area contributed by atoms with E-state index < -0.39 is 14.8 Å². The van der Waals surface area contributed by atoms with E-state index in [0.29, 0.717) is 11.3 Å². The Labute approximate surface area is 157 Å². The van der Waals surface area contributed by atoms with Crippen molar-refractivity contribution in [2.45, 2.75) is 11.5 Å². The van der Waals surface area contributed by atoms with Gasteiger partial charge in [-0.25, -0.2) is 8.42 Å². The van der Waals surface area contributed by atoms with Crippen LogP contribution in [0.25, 0.3) is 0 Å². The average molecular weight is 382 g/mol. The van der Waals surface area contributed by atoms with Crippen molar-refractivity contribution >= 4 is 26.9 Å². The Bertz CT molecular complexity index is 1030. The molecule has 1 N–H and O–H groups in total. The van der Waals surface area contributed by atoms with Crippen LogP contribution in [0.1, 0.15) is 11.1 Å². The number of nitro groups is 1. The first-order valence-corrected chi connectivity index (χ1v) is 10.1. The lowest BCUT2D eigenvalue weighted by Crippen LogP contribution is -2.07. The van der Waals surface area contributed by atoms with E-state index in [-0.39, 0.29) is 17.2 Å². The molecule has 0 spiro atoms. The molecule has 0 aliphatic heterocycles. The van der Waals surface area contributed by atoms with Crippen LogP contribution in [0.15, 0.2) is 78.9 Å². The molecule has 0 aliphatic carbocycles. The Morgan fingerprint density at radius 1 is 0.778 bits per heavy atom. The highest BCUT2D eigenvalue weighted by molar-refractivity contribution is 7.89. The van der Waals surface area contributed by atoms with Crippen molar-refractivity contribution in [2.75, 3.05) is 5.32 Å². The van der Waals surface area contributed by atoms with Crippen LogP contribution in [-0.4, -0.2) is 13.3 Å². The Morgan fingerprint density at radius 3 is 2.07 bits per heavy atom. The summed E-state index contributed by atoms with van der Waals surface area (Å²) in [5, 5.41) is 13.8. The predicted molar refractivity (Wildman–Crippen MR) is 106 cm³/mol. The first kappa shape index (κ1) is 18.6. The van der Waals surface area contributed by atoms with E-state index in [4.69, 9.17) is 0 Å². The van der Waals surface area contributed by atoms with Crippen LogP contribution < -0.4 is 5.32 Å². The number of nitrogens with one attached hydrogen (secondary N) is 1. The van der Waals surface area contributed by atoms with Crippen LogP contribution >= 0.6 is 0 Å². The molecule has 138 valence electrons. The summed E-state index contributed by atoms with van der Waals surface area (Å²) in [5.41, 5.74) is 2.86. The van der Waals surface area contributed by atoms with Gasteiger partial charge in [0.05, 0.1) is 16.4 Å². The van der Waals surface area contributed by atoms with Gasteiger partial charge >= 0.3 is 0 Å². The van der Waals surface area contributed by atoms with E-state index in [2.05, 4.69) is 5.32 Å². The Balaban J connectivity index is 1.70. The highest BCUT2D eigenvalue weighted by Crippen LogP contribution is 2.22. The maximum absolute atomic E-state index is 12.5. The Hall–Kier alpha value is -3.19. The number of nitrogens with zero attached hydrogens (tertiary/aromatic N) is 1. The molecule has 3 aromatic carbocycles. The topological polar surface area (TPSA) is 89.3 Å². The molecule has 0 unspecified atom stereocenters. The van der Waals surface area contributed by atoms with E-state index in [9.17, 15) is 18.5 Å². The lowest BCUT2D eigenvalue weighted by atomic mass is 10.2. The minimum absolute atomic E-state index is 0.00610. The molecule has 0 amide bonds. The molecule has 0 bridgehead atoms. The number of benzene rings is 3. The van der Waals surface area contributed by atoms with Crippen molar-refractivity contribution in [3.05, 3.63) is 100 Å². The summed E-state index contributed by atoms with van der Waals surface area (Å²) in [6, 6.07) is 22.3. The molecule has 0 aromatic heterocycles. The van der Waals surface area contributed by atoms with Gasteiger partial charge in [0.1, 0.15) is 0 Å². The molecule has 3 rings (SSSR count). The van der Waals surface area contributed by atoms with E-state index in [1.165, 1.54) is 12.1 Å².